The van der Waals surface area contributed by atoms with Gasteiger partial charge in [0.25, 0.3) is 0 Å². The first kappa shape index (κ1) is 17.1. The highest BCUT2D eigenvalue weighted by Gasteiger charge is 2.58. The smallest absolute Gasteiger partial charge is 0.233 e. The summed E-state index contributed by atoms with van der Waals surface area (Å²) in [7, 11) is 0. The van der Waals surface area contributed by atoms with Crippen LogP contribution in [0.25, 0.3) is 0 Å². The Balaban J connectivity index is 1.35. The van der Waals surface area contributed by atoms with Crippen LogP contribution < -0.4 is 5.32 Å². The Morgan fingerprint density at radius 2 is 1.75 bits per heavy atom. The third-order valence-electron chi connectivity index (χ3n) is 5.50. The molecule has 132 valence electrons. The predicted molar refractivity (Wildman–Crippen MR) is 87.6 cm³/mol. The molecule has 2 fully saturated rings. The van der Waals surface area contributed by atoms with E-state index in [1.165, 1.54) is 4.90 Å². The summed E-state index contributed by atoms with van der Waals surface area (Å²) in [4.78, 5) is 38.0. The van der Waals surface area contributed by atoms with E-state index < -0.39 is 0 Å². The van der Waals surface area contributed by atoms with Crippen LogP contribution in [0.1, 0.15) is 38.5 Å². The Hall–Kier alpha value is -1.69. The van der Waals surface area contributed by atoms with Gasteiger partial charge in [-0.25, -0.2) is 0 Å². The van der Waals surface area contributed by atoms with Gasteiger partial charge in [-0.05, 0) is 37.5 Å². The van der Waals surface area contributed by atoms with Crippen LogP contribution in [0.4, 0.5) is 0 Å². The van der Waals surface area contributed by atoms with Crippen LogP contribution in [-0.2, 0) is 14.4 Å². The summed E-state index contributed by atoms with van der Waals surface area (Å²) in [5.41, 5.74) is 0. The maximum atomic E-state index is 12.5. The van der Waals surface area contributed by atoms with Crippen molar-refractivity contribution in [2.75, 3.05) is 19.7 Å². The molecule has 6 heteroatoms. The zero-order chi connectivity index (χ0) is 17.1. The van der Waals surface area contributed by atoms with Crippen LogP contribution >= 0.6 is 0 Å². The molecule has 0 aromatic carbocycles. The van der Waals surface area contributed by atoms with Crippen molar-refractivity contribution in [1.82, 2.24) is 10.2 Å². The molecule has 4 atom stereocenters. The van der Waals surface area contributed by atoms with Crippen LogP contribution in [-0.4, -0.2) is 47.4 Å². The van der Waals surface area contributed by atoms with Crippen molar-refractivity contribution >= 4 is 17.7 Å². The summed E-state index contributed by atoms with van der Waals surface area (Å²) >= 11 is 0. The maximum absolute atomic E-state index is 12.5. The van der Waals surface area contributed by atoms with Crippen molar-refractivity contribution in [2.24, 2.45) is 23.7 Å². The first-order chi connectivity index (χ1) is 11.6. The number of rotatable bonds is 9. The first-order valence-electron chi connectivity index (χ1n) is 9.04. The van der Waals surface area contributed by atoms with Crippen molar-refractivity contribution in [2.45, 2.75) is 38.5 Å². The van der Waals surface area contributed by atoms with Crippen molar-refractivity contribution in [3.8, 4) is 0 Å². The van der Waals surface area contributed by atoms with E-state index in [4.69, 9.17) is 5.11 Å². The zero-order valence-corrected chi connectivity index (χ0v) is 13.9. The van der Waals surface area contributed by atoms with Gasteiger partial charge < -0.3 is 10.4 Å². The topological polar surface area (TPSA) is 86.7 Å². The average molecular weight is 334 g/mol. The van der Waals surface area contributed by atoms with Crippen LogP contribution in [0.3, 0.4) is 0 Å². The first-order valence-corrected chi connectivity index (χ1v) is 9.04. The molecule has 24 heavy (non-hydrogen) atoms. The second-order valence-electron chi connectivity index (χ2n) is 7.07. The molecule has 1 heterocycles. The van der Waals surface area contributed by atoms with Gasteiger partial charge in [-0.3, -0.25) is 19.3 Å². The number of imide groups is 1. The third-order valence-corrected chi connectivity index (χ3v) is 5.50. The van der Waals surface area contributed by atoms with Crippen molar-refractivity contribution < 1.29 is 19.5 Å². The number of nitrogens with one attached hydrogen (secondary N) is 1. The molecule has 1 saturated carbocycles. The van der Waals surface area contributed by atoms with Gasteiger partial charge >= 0.3 is 0 Å². The predicted octanol–water partition coefficient (Wildman–Crippen LogP) is 0.853. The van der Waals surface area contributed by atoms with E-state index in [-0.39, 0.29) is 48.0 Å². The number of carbonyl (C=O) groups excluding carboxylic acids is 3. The number of fused-ring (bicyclic) bond motifs is 5. The van der Waals surface area contributed by atoms with Gasteiger partial charge in [0.2, 0.25) is 17.7 Å². The Kier molecular flexibility index (Phi) is 5.33. The van der Waals surface area contributed by atoms with E-state index in [9.17, 15) is 14.4 Å². The monoisotopic (exact) mass is 334 g/mol. The minimum atomic E-state index is -0.107. The molecule has 1 saturated heterocycles. The van der Waals surface area contributed by atoms with Gasteiger partial charge in [0, 0.05) is 26.1 Å². The minimum Gasteiger partial charge on any atom is -0.396 e. The van der Waals surface area contributed by atoms with E-state index in [0.29, 0.717) is 25.9 Å². The molecule has 0 aromatic rings. The lowest BCUT2D eigenvalue weighted by molar-refractivity contribution is -0.140. The molecule has 3 rings (SSSR count). The summed E-state index contributed by atoms with van der Waals surface area (Å²) in [6.07, 6.45) is 8.53. The molecule has 0 radical (unpaired) electrons. The third kappa shape index (κ3) is 3.24. The van der Waals surface area contributed by atoms with E-state index >= 15 is 0 Å². The molecule has 0 spiro atoms. The number of aliphatic hydroxyl groups is 1. The molecular weight excluding hydrogens is 308 g/mol. The fraction of sp³-hybridized carbons (Fsp3) is 0.722. The van der Waals surface area contributed by atoms with Gasteiger partial charge in [-0.15, -0.1) is 0 Å². The molecular formula is C18H26N2O4. The quantitative estimate of drug-likeness (QED) is 0.372. The highest BCUT2D eigenvalue weighted by Crippen LogP contribution is 2.52. The summed E-state index contributed by atoms with van der Waals surface area (Å²) in [6.45, 7) is 1.07. The molecule has 3 amide bonds. The summed E-state index contributed by atoms with van der Waals surface area (Å²) in [5, 5.41) is 11.4. The number of hydrogen-bond donors (Lipinski definition) is 2. The van der Waals surface area contributed by atoms with Crippen LogP contribution in [0, 0.1) is 23.7 Å². The average Bonchev–Trinajstić information content (AvgIpc) is 3.23. The highest BCUT2D eigenvalue weighted by molar-refractivity contribution is 6.06. The molecule has 2 unspecified atom stereocenters. The number of likely N-dealkylation sites (tertiary alicyclic amines) is 1. The van der Waals surface area contributed by atoms with Crippen LogP contribution in [0.2, 0.25) is 0 Å². The van der Waals surface area contributed by atoms with Crippen molar-refractivity contribution in [3.63, 3.8) is 0 Å². The lowest BCUT2D eigenvalue weighted by Crippen LogP contribution is -2.33. The maximum Gasteiger partial charge on any atom is 0.233 e. The Morgan fingerprint density at radius 3 is 2.38 bits per heavy atom. The van der Waals surface area contributed by atoms with Crippen LogP contribution in [0.5, 0.6) is 0 Å². The van der Waals surface area contributed by atoms with Crippen LogP contribution in [0.15, 0.2) is 12.2 Å². The zero-order valence-electron chi connectivity index (χ0n) is 13.9. The lowest BCUT2D eigenvalue weighted by atomic mass is 9.85. The fourth-order valence-corrected chi connectivity index (χ4v) is 4.31. The second kappa shape index (κ2) is 7.47. The second-order valence-corrected chi connectivity index (χ2v) is 7.07. The van der Waals surface area contributed by atoms with Gasteiger partial charge in [-0.1, -0.05) is 18.6 Å². The molecule has 0 aromatic heterocycles. The highest BCUT2D eigenvalue weighted by atomic mass is 16.3. The molecule has 2 N–H and O–H groups in total. The molecule has 2 bridgehead atoms. The number of nitrogens with zero attached hydrogens (tertiary/aromatic N) is 1. The molecule has 6 nitrogen and oxygen atoms in total. The Morgan fingerprint density at radius 1 is 1.08 bits per heavy atom. The number of aliphatic hydroxyl groups excluding tert-OH is 1. The Bertz CT molecular complexity index is 515. The molecule has 1 aliphatic heterocycles. The van der Waals surface area contributed by atoms with Gasteiger partial charge in [0.05, 0.1) is 11.8 Å². The van der Waals surface area contributed by atoms with Crippen molar-refractivity contribution in [3.05, 3.63) is 12.2 Å². The van der Waals surface area contributed by atoms with Gasteiger partial charge in [0.1, 0.15) is 0 Å². The van der Waals surface area contributed by atoms with E-state index in [1.807, 2.05) is 0 Å². The number of hydrogen-bond acceptors (Lipinski definition) is 4. The summed E-state index contributed by atoms with van der Waals surface area (Å²) < 4.78 is 0. The Labute approximate surface area is 142 Å². The number of allylic oxidation sites excluding steroid dienone is 2. The lowest BCUT2D eigenvalue weighted by Gasteiger charge is -2.16. The minimum absolute atomic E-state index is 0.00560. The van der Waals surface area contributed by atoms with E-state index in [1.54, 1.807) is 0 Å². The SMILES string of the molecule is O=C(CCCCCN1C(=O)[C@@H]2C3C=CC(C3)[C@@H]2C1=O)NCCCO. The number of amides is 3. The standard InChI is InChI=1S/C18H26N2O4/c21-10-4-8-19-14(22)5-2-1-3-9-20-17(23)15-12-6-7-13(11-12)16(15)18(20)24/h6-7,12-13,15-16,21H,1-5,8-11H2,(H,19,22)/t12?,13?,15-,16+. The van der Waals surface area contributed by atoms with Gasteiger partial charge in [-0.2, -0.15) is 0 Å². The largest absolute Gasteiger partial charge is 0.396 e. The number of carbonyl (C=O) groups is 3. The van der Waals surface area contributed by atoms with Crippen molar-refractivity contribution in [1.29, 1.82) is 0 Å². The normalized spacial score (nSPS) is 30.3. The summed E-state index contributed by atoms with van der Waals surface area (Å²) in [6, 6.07) is 0. The summed E-state index contributed by atoms with van der Waals surface area (Å²) in [5.74, 6) is 0.351. The molecule has 3 aliphatic rings. The molecule has 2 aliphatic carbocycles. The van der Waals surface area contributed by atoms with E-state index in [2.05, 4.69) is 17.5 Å². The number of unbranched alkanes of at least 4 members (excludes halogenated alkanes) is 2. The van der Waals surface area contributed by atoms with Gasteiger partial charge in [0.15, 0.2) is 0 Å². The fourth-order valence-electron chi connectivity index (χ4n) is 4.31. The van der Waals surface area contributed by atoms with E-state index in [0.717, 1.165) is 25.7 Å².